The SMILES string of the molecule is COc1c(F)cc(CNC2CCN(c3cc(C)nc(C(C)C)n3)CC2)cc1F. The fourth-order valence-corrected chi connectivity index (χ4v) is 3.48. The Bertz CT molecular complexity index is 797. The third kappa shape index (κ3) is 4.76. The van der Waals surface area contributed by atoms with Crippen molar-refractivity contribution in [3.63, 3.8) is 0 Å². The van der Waals surface area contributed by atoms with E-state index in [9.17, 15) is 8.78 Å². The zero-order valence-corrected chi connectivity index (χ0v) is 16.9. The second kappa shape index (κ2) is 8.82. The molecule has 1 fully saturated rings. The monoisotopic (exact) mass is 390 g/mol. The van der Waals surface area contributed by atoms with Gasteiger partial charge in [-0.25, -0.2) is 18.7 Å². The molecule has 0 bridgehead atoms. The van der Waals surface area contributed by atoms with Crippen molar-refractivity contribution in [3.8, 4) is 5.75 Å². The molecule has 0 spiro atoms. The van der Waals surface area contributed by atoms with Gasteiger partial charge in [-0.3, -0.25) is 0 Å². The Balaban J connectivity index is 1.56. The standard InChI is InChI=1S/C21H28F2N4O/c1-13(2)21-25-14(3)9-19(26-21)27-7-5-16(6-8-27)24-12-15-10-17(22)20(28-4)18(23)11-15/h9-11,13,16,24H,5-8,12H2,1-4H3. The van der Waals surface area contributed by atoms with Crippen LogP contribution in [0.5, 0.6) is 5.75 Å². The average Bonchev–Trinajstić information content (AvgIpc) is 2.66. The van der Waals surface area contributed by atoms with E-state index in [1.165, 1.54) is 19.2 Å². The second-order valence-electron chi connectivity index (χ2n) is 7.62. The molecule has 3 rings (SSSR count). The molecular weight excluding hydrogens is 362 g/mol. The largest absolute Gasteiger partial charge is 0.491 e. The maximum Gasteiger partial charge on any atom is 0.190 e. The summed E-state index contributed by atoms with van der Waals surface area (Å²) in [5.41, 5.74) is 1.56. The summed E-state index contributed by atoms with van der Waals surface area (Å²) in [6, 6.07) is 4.97. The Morgan fingerprint density at radius 1 is 1.14 bits per heavy atom. The minimum atomic E-state index is -0.672. The van der Waals surface area contributed by atoms with E-state index in [1.807, 2.05) is 13.0 Å². The van der Waals surface area contributed by atoms with Crippen LogP contribution in [0.4, 0.5) is 14.6 Å². The fourth-order valence-electron chi connectivity index (χ4n) is 3.48. The van der Waals surface area contributed by atoms with Crippen LogP contribution in [0.2, 0.25) is 0 Å². The fraction of sp³-hybridized carbons (Fsp3) is 0.524. The number of methoxy groups -OCH3 is 1. The van der Waals surface area contributed by atoms with Gasteiger partial charge in [0.05, 0.1) is 7.11 Å². The van der Waals surface area contributed by atoms with Crippen LogP contribution in [0.15, 0.2) is 18.2 Å². The Hall–Kier alpha value is -2.28. The molecule has 28 heavy (non-hydrogen) atoms. The summed E-state index contributed by atoms with van der Waals surface area (Å²) >= 11 is 0. The predicted octanol–water partition coefficient (Wildman–Crippen LogP) is 3.95. The number of nitrogens with one attached hydrogen (secondary N) is 1. The van der Waals surface area contributed by atoms with Crippen molar-refractivity contribution in [1.82, 2.24) is 15.3 Å². The number of anilines is 1. The number of ether oxygens (including phenoxy) is 1. The van der Waals surface area contributed by atoms with Crippen LogP contribution < -0.4 is 15.0 Å². The summed E-state index contributed by atoms with van der Waals surface area (Å²) in [6.45, 7) is 8.39. The molecule has 7 heteroatoms. The number of hydrogen-bond donors (Lipinski definition) is 1. The predicted molar refractivity (Wildman–Crippen MR) is 106 cm³/mol. The molecule has 2 aromatic rings. The number of nitrogens with zero attached hydrogens (tertiary/aromatic N) is 3. The molecule has 1 aliphatic heterocycles. The highest BCUT2D eigenvalue weighted by atomic mass is 19.1. The lowest BCUT2D eigenvalue weighted by atomic mass is 10.0. The molecule has 1 saturated heterocycles. The first-order valence-electron chi connectivity index (χ1n) is 9.73. The summed E-state index contributed by atoms with van der Waals surface area (Å²) in [5.74, 6) is 0.470. The van der Waals surface area contributed by atoms with Gasteiger partial charge in [0.15, 0.2) is 17.4 Å². The Labute approximate surface area is 165 Å². The lowest BCUT2D eigenvalue weighted by molar-refractivity contribution is 0.358. The Kier molecular flexibility index (Phi) is 6.44. The molecule has 1 aromatic carbocycles. The minimum absolute atomic E-state index is 0.295. The van der Waals surface area contributed by atoms with E-state index < -0.39 is 11.6 Å². The lowest BCUT2D eigenvalue weighted by Gasteiger charge is -2.33. The van der Waals surface area contributed by atoms with Crippen LogP contribution >= 0.6 is 0 Å². The van der Waals surface area contributed by atoms with E-state index in [1.54, 1.807) is 0 Å². The number of rotatable bonds is 6. The van der Waals surface area contributed by atoms with E-state index in [2.05, 4.69) is 29.0 Å². The first kappa shape index (κ1) is 20.5. The molecule has 0 aliphatic carbocycles. The summed E-state index contributed by atoms with van der Waals surface area (Å²) in [6.07, 6.45) is 1.89. The van der Waals surface area contributed by atoms with E-state index in [-0.39, 0.29) is 5.75 Å². The molecule has 1 aliphatic rings. The number of benzene rings is 1. The van der Waals surface area contributed by atoms with Gasteiger partial charge in [-0.2, -0.15) is 0 Å². The van der Waals surface area contributed by atoms with Crippen molar-refractivity contribution >= 4 is 5.82 Å². The molecule has 2 heterocycles. The number of hydrogen-bond acceptors (Lipinski definition) is 5. The van der Waals surface area contributed by atoms with E-state index in [0.717, 1.165) is 43.3 Å². The van der Waals surface area contributed by atoms with Crippen molar-refractivity contribution in [1.29, 1.82) is 0 Å². The molecule has 0 unspecified atom stereocenters. The third-order valence-electron chi connectivity index (χ3n) is 5.05. The summed E-state index contributed by atoms with van der Waals surface area (Å²) in [4.78, 5) is 11.5. The highest BCUT2D eigenvalue weighted by molar-refractivity contribution is 5.40. The van der Waals surface area contributed by atoms with Gasteiger partial charge in [-0.05, 0) is 37.5 Å². The van der Waals surface area contributed by atoms with Crippen LogP contribution in [-0.2, 0) is 6.54 Å². The minimum Gasteiger partial charge on any atom is -0.491 e. The van der Waals surface area contributed by atoms with Crippen molar-refractivity contribution < 1.29 is 13.5 Å². The van der Waals surface area contributed by atoms with Gasteiger partial charge in [0.2, 0.25) is 0 Å². The molecule has 1 aromatic heterocycles. The van der Waals surface area contributed by atoms with Gasteiger partial charge in [-0.15, -0.1) is 0 Å². The summed E-state index contributed by atoms with van der Waals surface area (Å²) in [5, 5.41) is 3.41. The molecule has 0 saturated carbocycles. The summed E-state index contributed by atoms with van der Waals surface area (Å²) < 4.78 is 32.4. The van der Waals surface area contributed by atoms with E-state index >= 15 is 0 Å². The quantitative estimate of drug-likeness (QED) is 0.809. The highest BCUT2D eigenvalue weighted by Gasteiger charge is 2.21. The molecule has 0 atom stereocenters. The normalized spacial score (nSPS) is 15.3. The number of piperidine rings is 1. The van der Waals surface area contributed by atoms with Gasteiger partial charge < -0.3 is 15.0 Å². The van der Waals surface area contributed by atoms with E-state index in [0.29, 0.717) is 24.1 Å². The number of aryl methyl sites for hydroxylation is 1. The maximum atomic E-state index is 13.8. The lowest BCUT2D eigenvalue weighted by Crippen LogP contribution is -2.42. The summed E-state index contributed by atoms with van der Waals surface area (Å²) in [7, 11) is 1.26. The van der Waals surface area contributed by atoms with Gasteiger partial charge in [0, 0.05) is 43.4 Å². The zero-order valence-electron chi connectivity index (χ0n) is 16.9. The second-order valence-corrected chi connectivity index (χ2v) is 7.62. The van der Waals surface area contributed by atoms with Gasteiger partial charge >= 0.3 is 0 Å². The van der Waals surface area contributed by atoms with Gasteiger partial charge in [-0.1, -0.05) is 13.8 Å². The average molecular weight is 390 g/mol. The zero-order chi connectivity index (χ0) is 20.3. The first-order chi connectivity index (χ1) is 13.4. The third-order valence-corrected chi connectivity index (χ3v) is 5.05. The molecule has 152 valence electrons. The molecule has 1 N–H and O–H groups in total. The topological polar surface area (TPSA) is 50.3 Å². The first-order valence-corrected chi connectivity index (χ1v) is 9.73. The van der Waals surface area contributed by atoms with Gasteiger partial charge in [0.25, 0.3) is 0 Å². The maximum absolute atomic E-state index is 13.8. The van der Waals surface area contributed by atoms with Gasteiger partial charge in [0.1, 0.15) is 11.6 Å². The molecular formula is C21H28F2N4O. The van der Waals surface area contributed by atoms with Crippen LogP contribution in [0.25, 0.3) is 0 Å². The van der Waals surface area contributed by atoms with Crippen LogP contribution in [0.3, 0.4) is 0 Å². The van der Waals surface area contributed by atoms with Crippen molar-refractivity contribution in [2.45, 2.75) is 52.1 Å². The van der Waals surface area contributed by atoms with Crippen molar-refractivity contribution in [2.75, 3.05) is 25.1 Å². The van der Waals surface area contributed by atoms with Crippen molar-refractivity contribution in [2.24, 2.45) is 0 Å². The van der Waals surface area contributed by atoms with Crippen LogP contribution in [0, 0.1) is 18.6 Å². The molecule has 0 radical (unpaired) electrons. The Morgan fingerprint density at radius 3 is 2.36 bits per heavy atom. The highest BCUT2D eigenvalue weighted by Crippen LogP contribution is 2.24. The Morgan fingerprint density at radius 2 is 1.79 bits per heavy atom. The number of halogens is 2. The molecule has 5 nitrogen and oxygen atoms in total. The van der Waals surface area contributed by atoms with Crippen molar-refractivity contribution in [3.05, 3.63) is 46.9 Å². The smallest absolute Gasteiger partial charge is 0.190 e. The van der Waals surface area contributed by atoms with Crippen LogP contribution in [-0.4, -0.2) is 36.2 Å². The molecule has 0 amide bonds. The van der Waals surface area contributed by atoms with E-state index in [4.69, 9.17) is 9.72 Å². The number of aromatic nitrogens is 2. The van der Waals surface area contributed by atoms with Crippen LogP contribution in [0.1, 0.15) is 49.7 Å².